The number of hydrogen-bond donors (Lipinski definition) is 1. The number of ether oxygens (including phenoxy) is 2. The summed E-state index contributed by atoms with van der Waals surface area (Å²) in [5.41, 5.74) is 1.82. The van der Waals surface area contributed by atoms with Gasteiger partial charge in [-0.1, -0.05) is 47.4 Å². The molecule has 154 valence electrons. The lowest BCUT2D eigenvalue weighted by Gasteiger charge is -2.15. The third kappa shape index (κ3) is 5.74. The summed E-state index contributed by atoms with van der Waals surface area (Å²) in [6, 6.07) is 11.2. The molecule has 0 bridgehead atoms. The first-order valence-electron chi connectivity index (χ1n) is 9.43. The number of nitrogens with zero attached hydrogens (tertiary/aromatic N) is 4. The van der Waals surface area contributed by atoms with Crippen LogP contribution >= 0.6 is 23.2 Å². The maximum Gasteiger partial charge on any atom is 0.243 e. The van der Waals surface area contributed by atoms with Gasteiger partial charge in [0.2, 0.25) is 5.95 Å². The van der Waals surface area contributed by atoms with E-state index in [1.807, 2.05) is 37.3 Å². The van der Waals surface area contributed by atoms with Gasteiger partial charge >= 0.3 is 0 Å². The van der Waals surface area contributed by atoms with Crippen LogP contribution in [0.25, 0.3) is 0 Å². The first-order chi connectivity index (χ1) is 14.1. The number of halogens is 2. The number of aromatic nitrogens is 4. The molecule has 7 nitrogen and oxygen atoms in total. The van der Waals surface area contributed by atoms with E-state index >= 15 is 0 Å². The Morgan fingerprint density at radius 3 is 2.66 bits per heavy atom. The largest absolute Gasteiger partial charge is 0.490 e. The summed E-state index contributed by atoms with van der Waals surface area (Å²) in [7, 11) is 0. The van der Waals surface area contributed by atoms with Crippen LogP contribution in [-0.4, -0.2) is 26.8 Å². The smallest absolute Gasteiger partial charge is 0.243 e. The summed E-state index contributed by atoms with van der Waals surface area (Å²) in [5.74, 6) is 1.81. The van der Waals surface area contributed by atoms with Gasteiger partial charge in [-0.15, -0.1) is 0 Å². The van der Waals surface area contributed by atoms with Crippen LogP contribution in [0.1, 0.15) is 31.4 Å². The second-order valence-corrected chi connectivity index (χ2v) is 7.16. The molecule has 9 heteroatoms. The standard InChI is InChI=1S/C20H23Cl2N5O2/c1-3-8-27-20(24-25-26-27)23-12-15-10-18(28-4-2)19(11-17(15)22)29-13-14-6-5-7-16(21)9-14/h5-7,9-11H,3-4,8,12-13H2,1-2H3,(H,23,24,26). The SMILES string of the molecule is CCCn1nnnc1NCc1cc(OCC)c(OCc2cccc(Cl)c2)cc1Cl. The molecule has 0 radical (unpaired) electrons. The van der Waals surface area contributed by atoms with Crippen molar-refractivity contribution in [1.29, 1.82) is 0 Å². The second kappa shape index (κ2) is 10.3. The van der Waals surface area contributed by atoms with Crippen molar-refractivity contribution in [3.05, 3.63) is 57.6 Å². The Morgan fingerprint density at radius 2 is 1.90 bits per heavy atom. The van der Waals surface area contributed by atoms with Crippen LogP contribution < -0.4 is 14.8 Å². The topological polar surface area (TPSA) is 74.1 Å². The fraction of sp³-hybridized carbons (Fsp3) is 0.350. The Labute approximate surface area is 179 Å². The van der Waals surface area contributed by atoms with E-state index < -0.39 is 0 Å². The van der Waals surface area contributed by atoms with E-state index in [1.54, 1.807) is 10.7 Å². The van der Waals surface area contributed by atoms with Crippen LogP contribution in [0.3, 0.4) is 0 Å². The number of nitrogens with one attached hydrogen (secondary N) is 1. The van der Waals surface area contributed by atoms with Crippen LogP contribution in [0.4, 0.5) is 5.95 Å². The van der Waals surface area contributed by atoms with Crippen LogP contribution in [-0.2, 0) is 19.7 Å². The van der Waals surface area contributed by atoms with Gasteiger partial charge in [-0.2, -0.15) is 0 Å². The summed E-state index contributed by atoms with van der Waals surface area (Å²) in [5, 5.41) is 16.1. The van der Waals surface area contributed by atoms with E-state index in [1.165, 1.54) is 0 Å². The zero-order chi connectivity index (χ0) is 20.6. The highest BCUT2D eigenvalue weighted by atomic mass is 35.5. The van der Waals surface area contributed by atoms with Gasteiger partial charge < -0.3 is 14.8 Å². The summed E-state index contributed by atoms with van der Waals surface area (Å²) < 4.78 is 13.4. The summed E-state index contributed by atoms with van der Waals surface area (Å²) in [6.07, 6.45) is 0.938. The van der Waals surface area contributed by atoms with Crippen LogP contribution in [0.2, 0.25) is 10.0 Å². The molecule has 0 unspecified atom stereocenters. The lowest BCUT2D eigenvalue weighted by molar-refractivity contribution is 0.269. The van der Waals surface area contributed by atoms with Gasteiger partial charge in [0.15, 0.2) is 11.5 Å². The van der Waals surface area contributed by atoms with Gasteiger partial charge in [0.05, 0.1) is 6.61 Å². The molecule has 1 heterocycles. The lowest BCUT2D eigenvalue weighted by atomic mass is 10.2. The fourth-order valence-corrected chi connectivity index (χ4v) is 3.18. The van der Waals surface area contributed by atoms with Gasteiger partial charge in [-0.25, -0.2) is 4.68 Å². The summed E-state index contributed by atoms with van der Waals surface area (Å²) >= 11 is 12.5. The summed E-state index contributed by atoms with van der Waals surface area (Å²) in [4.78, 5) is 0. The summed E-state index contributed by atoms with van der Waals surface area (Å²) in [6.45, 7) is 6.06. The van der Waals surface area contributed by atoms with E-state index in [0.717, 1.165) is 24.1 Å². The van der Waals surface area contributed by atoms with Crippen molar-refractivity contribution >= 4 is 29.2 Å². The van der Waals surface area contributed by atoms with Crippen molar-refractivity contribution in [2.75, 3.05) is 11.9 Å². The zero-order valence-electron chi connectivity index (χ0n) is 16.4. The second-order valence-electron chi connectivity index (χ2n) is 6.32. The van der Waals surface area contributed by atoms with Crippen molar-refractivity contribution in [2.45, 2.75) is 40.0 Å². The fourth-order valence-electron chi connectivity index (χ4n) is 2.75. The average molecular weight is 436 g/mol. The third-order valence-corrected chi connectivity index (χ3v) is 4.69. The van der Waals surface area contributed by atoms with Gasteiger partial charge in [0, 0.05) is 29.2 Å². The molecular formula is C20H23Cl2N5O2. The van der Waals surface area contributed by atoms with Crippen molar-refractivity contribution in [3.63, 3.8) is 0 Å². The average Bonchev–Trinajstić information content (AvgIpc) is 3.14. The van der Waals surface area contributed by atoms with Crippen molar-refractivity contribution in [1.82, 2.24) is 20.2 Å². The molecule has 0 aliphatic carbocycles. The van der Waals surface area contributed by atoms with Crippen molar-refractivity contribution in [2.24, 2.45) is 0 Å². The highest BCUT2D eigenvalue weighted by Gasteiger charge is 2.13. The highest BCUT2D eigenvalue weighted by molar-refractivity contribution is 6.31. The van der Waals surface area contributed by atoms with E-state index in [4.69, 9.17) is 32.7 Å². The van der Waals surface area contributed by atoms with Crippen molar-refractivity contribution < 1.29 is 9.47 Å². The molecule has 2 aromatic carbocycles. The maximum absolute atomic E-state index is 6.49. The third-order valence-electron chi connectivity index (χ3n) is 4.10. The van der Waals surface area contributed by atoms with Gasteiger partial charge in [0.1, 0.15) is 6.61 Å². The Kier molecular flexibility index (Phi) is 7.55. The highest BCUT2D eigenvalue weighted by Crippen LogP contribution is 2.34. The van der Waals surface area contributed by atoms with Crippen LogP contribution in [0.15, 0.2) is 36.4 Å². The quantitative estimate of drug-likeness (QED) is 0.483. The molecule has 0 saturated carbocycles. The van der Waals surface area contributed by atoms with Gasteiger partial charge in [-0.3, -0.25) is 0 Å². The zero-order valence-corrected chi connectivity index (χ0v) is 17.9. The normalized spacial score (nSPS) is 10.8. The first-order valence-corrected chi connectivity index (χ1v) is 10.2. The molecular weight excluding hydrogens is 413 g/mol. The Bertz CT molecular complexity index is 948. The molecule has 0 atom stereocenters. The monoisotopic (exact) mass is 435 g/mol. The van der Waals surface area contributed by atoms with Crippen LogP contribution in [0, 0.1) is 0 Å². The molecule has 0 fully saturated rings. The molecule has 0 saturated heterocycles. The molecule has 0 aliphatic rings. The molecule has 0 amide bonds. The molecule has 3 aromatic rings. The molecule has 0 spiro atoms. The van der Waals surface area contributed by atoms with Crippen molar-refractivity contribution in [3.8, 4) is 11.5 Å². The molecule has 0 aliphatic heterocycles. The van der Waals surface area contributed by atoms with E-state index in [9.17, 15) is 0 Å². The lowest BCUT2D eigenvalue weighted by Crippen LogP contribution is -2.09. The number of aryl methyl sites for hydroxylation is 1. The number of tetrazole rings is 1. The Morgan fingerprint density at radius 1 is 1.07 bits per heavy atom. The predicted octanol–water partition coefficient (Wildman–Crippen LogP) is 4.98. The Balaban J connectivity index is 1.73. The molecule has 29 heavy (non-hydrogen) atoms. The number of anilines is 1. The number of rotatable bonds is 10. The van der Waals surface area contributed by atoms with E-state index in [0.29, 0.717) is 47.3 Å². The molecule has 3 rings (SSSR count). The number of hydrogen-bond acceptors (Lipinski definition) is 6. The predicted molar refractivity (Wildman–Crippen MR) is 114 cm³/mol. The molecule has 1 aromatic heterocycles. The van der Waals surface area contributed by atoms with Gasteiger partial charge in [0.25, 0.3) is 0 Å². The minimum atomic E-state index is 0.361. The maximum atomic E-state index is 6.49. The molecule has 1 N–H and O–H groups in total. The minimum Gasteiger partial charge on any atom is -0.490 e. The Hall–Kier alpha value is -2.51. The van der Waals surface area contributed by atoms with E-state index in [2.05, 4.69) is 27.8 Å². The van der Waals surface area contributed by atoms with E-state index in [-0.39, 0.29) is 0 Å². The first kappa shape index (κ1) is 21.2. The minimum absolute atomic E-state index is 0.361. The van der Waals surface area contributed by atoms with Crippen LogP contribution in [0.5, 0.6) is 11.5 Å². The van der Waals surface area contributed by atoms with Gasteiger partial charge in [-0.05, 0) is 53.1 Å². The number of benzene rings is 2.